The van der Waals surface area contributed by atoms with Gasteiger partial charge in [-0.15, -0.1) is 0 Å². The first-order chi connectivity index (χ1) is 8.33. The molecule has 1 rings (SSSR count). The minimum atomic E-state index is 0.0744. The maximum atomic E-state index is 6.43. The molecule has 1 aromatic carbocycles. The van der Waals surface area contributed by atoms with Crippen molar-refractivity contribution in [3.63, 3.8) is 0 Å². The first-order valence-electron chi connectivity index (χ1n) is 6.82. The number of hydrogen-bond acceptors (Lipinski definition) is 2. The highest BCUT2D eigenvalue weighted by atomic mass is 15.1. The Morgan fingerprint density at radius 2 is 1.72 bits per heavy atom. The summed E-state index contributed by atoms with van der Waals surface area (Å²) in [4.78, 5) is 2.38. The van der Waals surface area contributed by atoms with Gasteiger partial charge < -0.3 is 10.6 Å². The van der Waals surface area contributed by atoms with Gasteiger partial charge in [-0.3, -0.25) is 0 Å². The van der Waals surface area contributed by atoms with Gasteiger partial charge in [0.05, 0.1) is 0 Å². The van der Waals surface area contributed by atoms with Crippen molar-refractivity contribution in [2.45, 2.75) is 33.7 Å². The summed E-state index contributed by atoms with van der Waals surface area (Å²) >= 11 is 0. The molecule has 0 aliphatic rings. The average Bonchev–Trinajstić information content (AvgIpc) is 2.27. The lowest BCUT2D eigenvalue weighted by atomic mass is 9.80. The molecule has 0 saturated carbocycles. The van der Waals surface area contributed by atoms with E-state index in [-0.39, 0.29) is 11.5 Å². The van der Waals surface area contributed by atoms with Crippen LogP contribution in [0.2, 0.25) is 0 Å². The van der Waals surface area contributed by atoms with Crippen LogP contribution >= 0.6 is 0 Å². The molecule has 0 heterocycles. The average molecular weight is 248 g/mol. The lowest BCUT2D eigenvalue weighted by molar-refractivity contribution is 0.165. The molecule has 18 heavy (non-hydrogen) atoms. The fraction of sp³-hybridized carbons (Fsp3) is 0.625. The van der Waals surface area contributed by atoms with Crippen LogP contribution in [0.25, 0.3) is 0 Å². The molecule has 1 atom stereocenters. The van der Waals surface area contributed by atoms with Gasteiger partial charge in [0.25, 0.3) is 0 Å². The fourth-order valence-corrected chi connectivity index (χ4v) is 2.59. The highest BCUT2D eigenvalue weighted by Crippen LogP contribution is 2.31. The molecule has 1 unspecified atom stereocenters. The number of nitrogens with zero attached hydrogens (tertiary/aromatic N) is 1. The van der Waals surface area contributed by atoms with Gasteiger partial charge in [0.2, 0.25) is 0 Å². The third kappa shape index (κ3) is 4.43. The van der Waals surface area contributed by atoms with Crippen LogP contribution < -0.4 is 5.73 Å². The van der Waals surface area contributed by atoms with Crippen LogP contribution in [0.1, 0.15) is 39.3 Å². The molecule has 102 valence electrons. The zero-order valence-corrected chi connectivity index (χ0v) is 12.5. The minimum Gasteiger partial charge on any atom is -0.323 e. The van der Waals surface area contributed by atoms with Crippen molar-refractivity contribution in [2.75, 3.05) is 20.1 Å². The molecule has 0 saturated heterocycles. The summed E-state index contributed by atoms with van der Waals surface area (Å²) < 4.78 is 0. The van der Waals surface area contributed by atoms with Crippen molar-refractivity contribution in [1.29, 1.82) is 0 Å². The maximum absolute atomic E-state index is 6.43. The van der Waals surface area contributed by atoms with Gasteiger partial charge in [0, 0.05) is 19.1 Å². The van der Waals surface area contributed by atoms with E-state index in [0.717, 1.165) is 13.1 Å². The lowest BCUT2D eigenvalue weighted by Crippen LogP contribution is -2.40. The maximum Gasteiger partial charge on any atom is 0.0359 e. The van der Waals surface area contributed by atoms with E-state index < -0.39 is 0 Å². The second-order valence-corrected chi connectivity index (χ2v) is 6.47. The van der Waals surface area contributed by atoms with Gasteiger partial charge >= 0.3 is 0 Å². The highest BCUT2D eigenvalue weighted by molar-refractivity contribution is 5.20. The summed E-state index contributed by atoms with van der Waals surface area (Å²) in [5, 5.41) is 0. The molecular weight excluding hydrogens is 220 g/mol. The lowest BCUT2D eigenvalue weighted by Gasteiger charge is -2.36. The highest BCUT2D eigenvalue weighted by Gasteiger charge is 2.29. The third-order valence-corrected chi connectivity index (χ3v) is 3.35. The van der Waals surface area contributed by atoms with E-state index in [1.165, 1.54) is 5.56 Å². The SMILES string of the molecule is CC(C)CN(C)CC(C)(C)C(N)c1ccccc1. The van der Waals surface area contributed by atoms with E-state index >= 15 is 0 Å². The molecular formula is C16H28N2. The molecule has 0 bridgehead atoms. The van der Waals surface area contributed by atoms with Gasteiger partial charge in [-0.2, -0.15) is 0 Å². The molecule has 0 aliphatic heterocycles. The molecule has 0 amide bonds. The largest absolute Gasteiger partial charge is 0.323 e. The number of rotatable bonds is 6. The Kier molecular flexibility index (Phi) is 5.36. The molecule has 0 aliphatic carbocycles. The van der Waals surface area contributed by atoms with E-state index in [1.807, 2.05) is 6.07 Å². The Morgan fingerprint density at radius 1 is 1.17 bits per heavy atom. The van der Waals surface area contributed by atoms with Crippen LogP contribution in [0.15, 0.2) is 30.3 Å². The molecule has 0 aromatic heterocycles. The predicted octanol–water partition coefficient (Wildman–Crippen LogP) is 3.30. The summed E-state index contributed by atoms with van der Waals surface area (Å²) in [6.45, 7) is 11.1. The van der Waals surface area contributed by atoms with Gasteiger partial charge in [0.1, 0.15) is 0 Å². The molecule has 0 fully saturated rings. The number of hydrogen-bond donors (Lipinski definition) is 1. The Hall–Kier alpha value is -0.860. The third-order valence-electron chi connectivity index (χ3n) is 3.35. The standard InChI is InChI=1S/C16H28N2/c1-13(2)11-18(5)12-16(3,4)15(17)14-9-7-6-8-10-14/h6-10,13,15H,11-12,17H2,1-5H3. The van der Waals surface area contributed by atoms with Crippen LogP contribution in [-0.2, 0) is 0 Å². The smallest absolute Gasteiger partial charge is 0.0359 e. The van der Waals surface area contributed by atoms with Crippen LogP contribution in [0.5, 0.6) is 0 Å². The second kappa shape index (κ2) is 6.35. The van der Waals surface area contributed by atoms with E-state index in [9.17, 15) is 0 Å². The van der Waals surface area contributed by atoms with Gasteiger partial charge in [-0.05, 0) is 23.9 Å². The van der Waals surface area contributed by atoms with Crippen LogP contribution in [-0.4, -0.2) is 25.0 Å². The van der Waals surface area contributed by atoms with Gasteiger partial charge in [-0.1, -0.05) is 58.0 Å². The molecule has 2 heteroatoms. The van der Waals surface area contributed by atoms with Crippen molar-refractivity contribution in [3.05, 3.63) is 35.9 Å². The Labute approximate surface area is 112 Å². The van der Waals surface area contributed by atoms with E-state index in [4.69, 9.17) is 5.73 Å². The normalized spacial score (nSPS) is 14.2. The zero-order chi connectivity index (χ0) is 13.8. The fourth-order valence-electron chi connectivity index (χ4n) is 2.59. The van der Waals surface area contributed by atoms with Crippen molar-refractivity contribution < 1.29 is 0 Å². The molecule has 0 radical (unpaired) electrons. The first-order valence-corrected chi connectivity index (χ1v) is 6.82. The Morgan fingerprint density at radius 3 is 2.22 bits per heavy atom. The summed E-state index contributed by atoms with van der Waals surface area (Å²) in [5.41, 5.74) is 7.72. The topological polar surface area (TPSA) is 29.3 Å². The molecule has 2 N–H and O–H groups in total. The Bertz CT molecular complexity index is 343. The summed E-state index contributed by atoms with van der Waals surface area (Å²) in [5.74, 6) is 0.693. The van der Waals surface area contributed by atoms with E-state index in [1.54, 1.807) is 0 Å². The number of benzene rings is 1. The quantitative estimate of drug-likeness (QED) is 0.837. The first kappa shape index (κ1) is 15.2. The zero-order valence-electron chi connectivity index (χ0n) is 12.5. The van der Waals surface area contributed by atoms with Crippen molar-refractivity contribution >= 4 is 0 Å². The van der Waals surface area contributed by atoms with Crippen LogP contribution in [0.3, 0.4) is 0 Å². The van der Waals surface area contributed by atoms with Gasteiger partial charge in [0.15, 0.2) is 0 Å². The molecule has 0 spiro atoms. The van der Waals surface area contributed by atoms with E-state index in [2.05, 4.69) is 63.9 Å². The number of nitrogens with two attached hydrogens (primary N) is 1. The predicted molar refractivity (Wildman–Crippen MR) is 79.5 cm³/mol. The monoisotopic (exact) mass is 248 g/mol. The Balaban J connectivity index is 2.68. The van der Waals surface area contributed by atoms with Crippen LogP contribution in [0, 0.1) is 11.3 Å². The van der Waals surface area contributed by atoms with Crippen molar-refractivity contribution in [3.8, 4) is 0 Å². The minimum absolute atomic E-state index is 0.0744. The summed E-state index contributed by atoms with van der Waals surface area (Å²) in [7, 11) is 2.18. The van der Waals surface area contributed by atoms with Crippen LogP contribution in [0.4, 0.5) is 0 Å². The summed E-state index contributed by atoms with van der Waals surface area (Å²) in [6, 6.07) is 10.5. The van der Waals surface area contributed by atoms with E-state index in [0.29, 0.717) is 5.92 Å². The summed E-state index contributed by atoms with van der Waals surface area (Å²) in [6.07, 6.45) is 0. The van der Waals surface area contributed by atoms with Crippen molar-refractivity contribution in [2.24, 2.45) is 17.1 Å². The second-order valence-electron chi connectivity index (χ2n) is 6.47. The molecule has 2 nitrogen and oxygen atoms in total. The van der Waals surface area contributed by atoms with Gasteiger partial charge in [-0.25, -0.2) is 0 Å². The molecule has 1 aromatic rings. The van der Waals surface area contributed by atoms with Crippen molar-refractivity contribution in [1.82, 2.24) is 4.90 Å².